The topological polar surface area (TPSA) is 87.7 Å². The van der Waals surface area contributed by atoms with Gasteiger partial charge in [-0.15, -0.1) is 0 Å². The van der Waals surface area contributed by atoms with Gasteiger partial charge in [0.05, 0.1) is 12.2 Å². The standard InChI is InChI=1S/C18H20N2O4/c1-13-7-2-5-10-16(13)24-12-6-11-17(22)19-20-18(23)14-8-3-4-9-15(14)21/h2-5,7-10,21H,6,11-12H2,1H3,(H,19,22)(H,20,23). The Balaban J connectivity index is 1.68. The van der Waals surface area contributed by atoms with Crippen LogP contribution in [0.1, 0.15) is 28.8 Å². The van der Waals surface area contributed by atoms with Crippen molar-refractivity contribution in [3.63, 3.8) is 0 Å². The van der Waals surface area contributed by atoms with E-state index < -0.39 is 5.91 Å². The van der Waals surface area contributed by atoms with Gasteiger partial charge >= 0.3 is 0 Å². The molecule has 0 atom stereocenters. The van der Waals surface area contributed by atoms with Gasteiger partial charge in [0.15, 0.2) is 0 Å². The molecule has 3 N–H and O–H groups in total. The van der Waals surface area contributed by atoms with Crippen LogP contribution in [0.2, 0.25) is 0 Å². The van der Waals surface area contributed by atoms with Crippen molar-refractivity contribution in [3.05, 3.63) is 59.7 Å². The number of hydrazine groups is 1. The molecule has 0 aliphatic rings. The molecule has 0 radical (unpaired) electrons. The number of nitrogens with one attached hydrogen (secondary N) is 2. The van der Waals surface area contributed by atoms with Gasteiger partial charge in [-0.1, -0.05) is 30.3 Å². The SMILES string of the molecule is Cc1ccccc1OCCCC(=O)NNC(=O)c1ccccc1O. The van der Waals surface area contributed by atoms with Gasteiger partial charge in [0.1, 0.15) is 11.5 Å². The molecule has 0 saturated carbocycles. The summed E-state index contributed by atoms with van der Waals surface area (Å²) in [5.41, 5.74) is 5.72. The fourth-order valence-electron chi connectivity index (χ4n) is 2.06. The number of carbonyl (C=O) groups excluding carboxylic acids is 2. The molecular formula is C18H20N2O4. The molecule has 0 bridgehead atoms. The van der Waals surface area contributed by atoms with E-state index in [4.69, 9.17) is 4.74 Å². The van der Waals surface area contributed by atoms with Gasteiger partial charge in [-0.2, -0.15) is 0 Å². The number of hydrogen-bond acceptors (Lipinski definition) is 4. The summed E-state index contributed by atoms with van der Waals surface area (Å²) < 4.78 is 5.60. The number of phenols is 1. The zero-order chi connectivity index (χ0) is 17.4. The number of rotatable bonds is 6. The molecule has 0 aliphatic carbocycles. The second-order valence-electron chi connectivity index (χ2n) is 5.24. The van der Waals surface area contributed by atoms with Crippen molar-refractivity contribution in [2.75, 3.05) is 6.61 Å². The molecule has 2 aromatic carbocycles. The lowest BCUT2D eigenvalue weighted by Gasteiger charge is -2.10. The van der Waals surface area contributed by atoms with Crippen molar-refractivity contribution in [1.29, 1.82) is 0 Å². The molecule has 126 valence electrons. The Morgan fingerprint density at radius 2 is 1.75 bits per heavy atom. The number of ether oxygens (including phenoxy) is 1. The normalized spacial score (nSPS) is 10.0. The first kappa shape index (κ1) is 17.3. The van der Waals surface area contributed by atoms with Crippen molar-refractivity contribution in [3.8, 4) is 11.5 Å². The predicted molar refractivity (Wildman–Crippen MR) is 89.6 cm³/mol. The summed E-state index contributed by atoms with van der Waals surface area (Å²) in [7, 11) is 0. The Labute approximate surface area is 140 Å². The average molecular weight is 328 g/mol. The summed E-state index contributed by atoms with van der Waals surface area (Å²) in [5, 5.41) is 9.56. The molecule has 2 aromatic rings. The van der Waals surface area contributed by atoms with Gasteiger partial charge in [-0.05, 0) is 37.1 Å². The van der Waals surface area contributed by atoms with Gasteiger partial charge in [0.2, 0.25) is 5.91 Å². The average Bonchev–Trinajstić information content (AvgIpc) is 2.58. The maximum absolute atomic E-state index is 11.8. The lowest BCUT2D eigenvalue weighted by atomic mass is 10.2. The van der Waals surface area contributed by atoms with E-state index in [1.165, 1.54) is 12.1 Å². The van der Waals surface area contributed by atoms with Crippen LogP contribution in [-0.4, -0.2) is 23.5 Å². The van der Waals surface area contributed by atoms with E-state index in [2.05, 4.69) is 10.9 Å². The van der Waals surface area contributed by atoms with Crippen molar-refractivity contribution in [1.82, 2.24) is 10.9 Å². The minimum absolute atomic E-state index is 0.0979. The van der Waals surface area contributed by atoms with Crippen LogP contribution in [0, 0.1) is 6.92 Å². The number of aromatic hydroxyl groups is 1. The van der Waals surface area contributed by atoms with E-state index in [0.29, 0.717) is 13.0 Å². The molecule has 0 aliphatic heterocycles. The smallest absolute Gasteiger partial charge is 0.273 e. The number of amides is 2. The number of para-hydroxylation sites is 2. The summed E-state index contributed by atoms with van der Waals surface area (Å²) in [6.07, 6.45) is 0.736. The van der Waals surface area contributed by atoms with E-state index in [-0.39, 0.29) is 23.6 Å². The zero-order valence-electron chi connectivity index (χ0n) is 13.4. The van der Waals surface area contributed by atoms with Crippen molar-refractivity contribution in [2.24, 2.45) is 0 Å². The van der Waals surface area contributed by atoms with Crippen LogP contribution in [0.4, 0.5) is 0 Å². The van der Waals surface area contributed by atoms with Crippen LogP contribution in [0.15, 0.2) is 48.5 Å². The Morgan fingerprint density at radius 3 is 2.50 bits per heavy atom. The Bertz CT molecular complexity index is 716. The largest absolute Gasteiger partial charge is 0.507 e. The molecule has 2 amide bonds. The Kier molecular flexibility index (Phi) is 6.19. The third-order valence-electron chi connectivity index (χ3n) is 3.36. The maximum atomic E-state index is 11.8. The number of carbonyl (C=O) groups is 2. The fourth-order valence-corrected chi connectivity index (χ4v) is 2.06. The Morgan fingerprint density at radius 1 is 1.04 bits per heavy atom. The molecule has 0 aromatic heterocycles. The highest BCUT2D eigenvalue weighted by Crippen LogP contribution is 2.16. The molecule has 0 saturated heterocycles. The third kappa shape index (κ3) is 5.01. The number of benzene rings is 2. The van der Waals surface area contributed by atoms with E-state index in [9.17, 15) is 14.7 Å². The molecule has 6 heteroatoms. The number of aryl methyl sites for hydroxylation is 1. The second kappa shape index (κ2) is 8.57. The number of hydrogen-bond donors (Lipinski definition) is 3. The second-order valence-corrected chi connectivity index (χ2v) is 5.24. The minimum atomic E-state index is -0.572. The van der Waals surface area contributed by atoms with Crippen LogP contribution in [0.3, 0.4) is 0 Å². The van der Waals surface area contributed by atoms with Crippen LogP contribution < -0.4 is 15.6 Å². The van der Waals surface area contributed by atoms with E-state index in [1.807, 2.05) is 31.2 Å². The quantitative estimate of drug-likeness (QED) is 0.561. The molecule has 24 heavy (non-hydrogen) atoms. The van der Waals surface area contributed by atoms with Gasteiger partial charge in [-0.3, -0.25) is 20.4 Å². The highest BCUT2D eigenvalue weighted by Gasteiger charge is 2.11. The highest BCUT2D eigenvalue weighted by molar-refractivity contribution is 5.97. The molecule has 0 fully saturated rings. The summed E-state index contributed by atoms with van der Waals surface area (Å²) in [6.45, 7) is 2.36. The van der Waals surface area contributed by atoms with Crippen LogP contribution in [0.5, 0.6) is 11.5 Å². The molecule has 2 rings (SSSR count). The molecule has 0 spiro atoms. The fraction of sp³-hybridized carbons (Fsp3) is 0.222. The first-order valence-electron chi connectivity index (χ1n) is 7.63. The Hall–Kier alpha value is -3.02. The summed E-state index contributed by atoms with van der Waals surface area (Å²) in [6, 6.07) is 13.8. The van der Waals surface area contributed by atoms with Crippen LogP contribution in [-0.2, 0) is 4.79 Å². The van der Waals surface area contributed by atoms with Crippen LogP contribution in [0.25, 0.3) is 0 Å². The molecule has 0 heterocycles. The van der Waals surface area contributed by atoms with E-state index in [1.54, 1.807) is 12.1 Å². The van der Waals surface area contributed by atoms with Gasteiger partial charge < -0.3 is 9.84 Å². The first-order chi connectivity index (χ1) is 11.6. The van der Waals surface area contributed by atoms with Gasteiger partial charge in [-0.25, -0.2) is 0 Å². The third-order valence-corrected chi connectivity index (χ3v) is 3.36. The van der Waals surface area contributed by atoms with E-state index >= 15 is 0 Å². The van der Waals surface area contributed by atoms with Gasteiger partial charge in [0, 0.05) is 6.42 Å². The highest BCUT2D eigenvalue weighted by atomic mass is 16.5. The van der Waals surface area contributed by atoms with E-state index in [0.717, 1.165) is 11.3 Å². The monoisotopic (exact) mass is 328 g/mol. The minimum Gasteiger partial charge on any atom is -0.507 e. The zero-order valence-corrected chi connectivity index (χ0v) is 13.4. The first-order valence-corrected chi connectivity index (χ1v) is 7.63. The maximum Gasteiger partial charge on any atom is 0.273 e. The lowest BCUT2D eigenvalue weighted by Crippen LogP contribution is -2.41. The summed E-state index contributed by atoms with van der Waals surface area (Å²) in [4.78, 5) is 23.5. The van der Waals surface area contributed by atoms with Crippen LogP contribution >= 0.6 is 0 Å². The predicted octanol–water partition coefficient (Wildman–Crippen LogP) is 2.32. The molecule has 6 nitrogen and oxygen atoms in total. The molecule has 0 unspecified atom stereocenters. The molecular weight excluding hydrogens is 308 g/mol. The lowest BCUT2D eigenvalue weighted by molar-refractivity contribution is -0.122. The van der Waals surface area contributed by atoms with Crippen molar-refractivity contribution in [2.45, 2.75) is 19.8 Å². The van der Waals surface area contributed by atoms with Crippen molar-refractivity contribution >= 4 is 11.8 Å². The number of phenolic OH excluding ortho intramolecular Hbond substituents is 1. The van der Waals surface area contributed by atoms with Gasteiger partial charge in [0.25, 0.3) is 5.91 Å². The summed E-state index contributed by atoms with van der Waals surface area (Å²) >= 11 is 0. The van der Waals surface area contributed by atoms with Crippen molar-refractivity contribution < 1.29 is 19.4 Å². The summed E-state index contributed by atoms with van der Waals surface area (Å²) in [5.74, 6) is -0.244.